The van der Waals surface area contributed by atoms with Crippen LogP contribution in [0.3, 0.4) is 0 Å². The van der Waals surface area contributed by atoms with Gasteiger partial charge in [0.15, 0.2) is 5.11 Å². The van der Waals surface area contributed by atoms with Crippen LogP contribution in [-0.4, -0.2) is 15.0 Å². The zero-order valence-corrected chi connectivity index (χ0v) is 15.8. The van der Waals surface area contributed by atoms with Gasteiger partial charge in [0.05, 0.1) is 15.4 Å². The van der Waals surface area contributed by atoms with Gasteiger partial charge in [-0.15, -0.1) is 0 Å². The minimum atomic E-state index is -5.00. The summed E-state index contributed by atoms with van der Waals surface area (Å²) in [5.74, 6) is 0. The van der Waals surface area contributed by atoms with Gasteiger partial charge in [-0.1, -0.05) is 6.07 Å². The van der Waals surface area contributed by atoms with Crippen LogP contribution in [0.4, 0.5) is 35.9 Å². The number of alkyl halides is 3. The maximum absolute atomic E-state index is 12.9. The van der Waals surface area contributed by atoms with Crippen molar-refractivity contribution in [3.8, 4) is 0 Å². The van der Waals surface area contributed by atoms with E-state index in [0.29, 0.717) is 5.69 Å². The summed E-state index contributed by atoms with van der Waals surface area (Å²) >= 11 is 5.02. The average Bonchev–Trinajstić information content (AvgIpc) is 2.57. The Morgan fingerprint density at radius 2 is 1.45 bits per heavy atom. The molecule has 2 aromatic rings. The number of rotatable bonds is 5. The van der Waals surface area contributed by atoms with Gasteiger partial charge >= 0.3 is 17.6 Å². The molecule has 0 aliphatic rings. The lowest BCUT2D eigenvalue weighted by Crippen LogP contribution is -2.34. The Hall–Kier alpha value is -3.48. The second kappa shape index (κ2) is 8.26. The van der Waals surface area contributed by atoms with E-state index in [9.17, 15) is 33.4 Å². The summed E-state index contributed by atoms with van der Waals surface area (Å²) in [6, 6.07) is 5.83. The molecule has 0 saturated carbocycles. The fourth-order valence-corrected chi connectivity index (χ4v) is 2.69. The Bertz CT molecular complexity index is 942. The van der Waals surface area contributed by atoms with Crippen molar-refractivity contribution in [2.24, 2.45) is 0 Å². The summed E-state index contributed by atoms with van der Waals surface area (Å²) in [6.45, 7) is 3.70. The monoisotopic (exact) mass is 429 g/mol. The second-order valence-electron chi connectivity index (χ2n) is 5.98. The van der Waals surface area contributed by atoms with Gasteiger partial charge < -0.3 is 5.32 Å². The summed E-state index contributed by atoms with van der Waals surface area (Å²) in [7, 11) is 0. The number of nitrogens with one attached hydrogen (secondary N) is 3. The molecule has 0 unspecified atom stereocenters. The molecule has 2 rings (SSSR count). The molecule has 29 heavy (non-hydrogen) atoms. The Balaban J connectivity index is 2.32. The average molecular weight is 429 g/mol. The number of thiocarbonyl (C=S) groups is 1. The number of hydrazine groups is 1. The fourth-order valence-electron chi connectivity index (χ4n) is 2.52. The number of nitro benzene ring substituents is 2. The Morgan fingerprint density at radius 1 is 0.966 bits per heavy atom. The Labute approximate surface area is 167 Å². The molecule has 0 fully saturated rings. The van der Waals surface area contributed by atoms with E-state index >= 15 is 0 Å². The van der Waals surface area contributed by atoms with Crippen molar-refractivity contribution in [2.45, 2.75) is 20.0 Å². The summed E-state index contributed by atoms with van der Waals surface area (Å²) in [6.07, 6.45) is -5.00. The van der Waals surface area contributed by atoms with Crippen LogP contribution in [0.25, 0.3) is 0 Å². The molecule has 3 N–H and O–H groups in total. The molecule has 2 aromatic carbocycles. The van der Waals surface area contributed by atoms with E-state index < -0.39 is 38.6 Å². The maximum atomic E-state index is 12.9. The molecule has 0 aromatic heterocycles. The summed E-state index contributed by atoms with van der Waals surface area (Å²) in [5, 5.41) is 25.0. The van der Waals surface area contributed by atoms with Crippen molar-refractivity contribution >= 4 is 40.1 Å². The van der Waals surface area contributed by atoms with Gasteiger partial charge in [-0.05, 0) is 49.3 Å². The highest BCUT2D eigenvalue weighted by Gasteiger charge is 2.37. The van der Waals surface area contributed by atoms with E-state index in [1.165, 1.54) is 0 Å². The zero-order chi connectivity index (χ0) is 21.9. The lowest BCUT2D eigenvalue weighted by molar-refractivity contribution is -0.392. The van der Waals surface area contributed by atoms with Gasteiger partial charge in [0.1, 0.15) is 0 Å². The molecule has 0 spiro atoms. The molecule has 9 nitrogen and oxygen atoms in total. The van der Waals surface area contributed by atoms with Crippen LogP contribution in [0.15, 0.2) is 30.3 Å². The lowest BCUT2D eigenvalue weighted by atomic mass is 10.1. The molecule has 0 atom stereocenters. The molecule has 0 bridgehead atoms. The number of hydrogen-bond acceptors (Lipinski definition) is 6. The third-order valence-electron chi connectivity index (χ3n) is 3.60. The van der Waals surface area contributed by atoms with Gasteiger partial charge in [-0.2, -0.15) is 13.2 Å². The van der Waals surface area contributed by atoms with E-state index in [2.05, 4.69) is 16.2 Å². The van der Waals surface area contributed by atoms with Crippen molar-refractivity contribution in [2.75, 3.05) is 10.7 Å². The molecular weight excluding hydrogens is 415 g/mol. The van der Waals surface area contributed by atoms with Crippen LogP contribution >= 0.6 is 12.2 Å². The molecule has 154 valence electrons. The smallest absolute Gasteiger partial charge is 0.331 e. The molecule has 0 aliphatic carbocycles. The van der Waals surface area contributed by atoms with Gasteiger partial charge in [0.2, 0.25) is 5.69 Å². The van der Waals surface area contributed by atoms with Crippen LogP contribution in [-0.2, 0) is 6.18 Å². The van der Waals surface area contributed by atoms with Gasteiger partial charge in [-0.3, -0.25) is 31.1 Å². The summed E-state index contributed by atoms with van der Waals surface area (Å²) in [5.41, 5.74) is 2.38. The van der Waals surface area contributed by atoms with E-state index in [1.807, 2.05) is 19.9 Å². The lowest BCUT2D eigenvalue weighted by Gasteiger charge is -2.15. The number of anilines is 2. The topological polar surface area (TPSA) is 122 Å². The number of hydrogen-bond donors (Lipinski definition) is 3. The van der Waals surface area contributed by atoms with Gasteiger partial charge in [0.25, 0.3) is 0 Å². The molecule has 0 aliphatic heterocycles. The number of aryl methyl sites for hydroxylation is 2. The van der Waals surface area contributed by atoms with E-state index in [1.54, 1.807) is 12.1 Å². The third kappa shape index (κ3) is 5.51. The SMILES string of the molecule is Cc1cc(C)cc(NC(=S)NNc2c([N+](=O)[O-])cc(C(F)(F)F)cc2[N+](=O)[O-])c1. The minimum absolute atomic E-state index is 0.113. The van der Waals surface area contributed by atoms with Crippen LogP contribution in [0.1, 0.15) is 16.7 Å². The largest absolute Gasteiger partial charge is 0.416 e. The number of benzene rings is 2. The van der Waals surface area contributed by atoms with Crippen LogP contribution in [0.2, 0.25) is 0 Å². The quantitative estimate of drug-likeness (QED) is 0.362. The van der Waals surface area contributed by atoms with Crippen molar-refractivity contribution < 1.29 is 23.0 Å². The van der Waals surface area contributed by atoms with Crippen LogP contribution in [0, 0.1) is 34.1 Å². The predicted molar refractivity (Wildman–Crippen MR) is 104 cm³/mol. The summed E-state index contributed by atoms with van der Waals surface area (Å²) in [4.78, 5) is 20.1. The van der Waals surface area contributed by atoms with Gasteiger partial charge in [-0.25, -0.2) is 0 Å². The highest BCUT2D eigenvalue weighted by atomic mass is 32.1. The first kappa shape index (κ1) is 21.8. The van der Waals surface area contributed by atoms with Crippen LogP contribution < -0.4 is 16.2 Å². The molecule has 0 radical (unpaired) electrons. The van der Waals surface area contributed by atoms with Crippen molar-refractivity contribution in [1.82, 2.24) is 5.43 Å². The third-order valence-corrected chi connectivity index (χ3v) is 3.80. The van der Waals surface area contributed by atoms with E-state index in [-0.39, 0.29) is 17.2 Å². The first-order valence-electron chi connectivity index (χ1n) is 7.84. The zero-order valence-electron chi connectivity index (χ0n) is 15.0. The Morgan fingerprint density at radius 3 is 1.86 bits per heavy atom. The predicted octanol–water partition coefficient (Wildman–Crippen LogP) is 4.45. The molecule has 0 saturated heterocycles. The first-order chi connectivity index (χ1) is 13.4. The number of nitro groups is 2. The standard InChI is InChI=1S/C16H14F3N5O4S/c1-8-3-9(2)5-11(4-8)20-15(29)22-21-14-12(23(25)26)6-10(16(17,18)19)7-13(14)24(27)28/h3-7,21H,1-2H3,(H2,20,22,29). The van der Waals surface area contributed by atoms with Crippen molar-refractivity contribution in [3.05, 3.63) is 67.3 Å². The van der Waals surface area contributed by atoms with E-state index in [0.717, 1.165) is 11.1 Å². The highest BCUT2D eigenvalue weighted by Crippen LogP contribution is 2.40. The van der Waals surface area contributed by atoms with Crippen molar-refractivity contribution in [1.29, 1.82) is 0 Å². The maximum Gasteiger partial charge on any atom is 0.416 e. The number of halogens is 3. The van der Waals surface area contributed by atoms with Gasteiger partial charge in [0, 0.05) is 17.8 Å². The summed E-state index contributed by atoms with van der Waals surface area (Å²) < 4.78 is 38.7. The Kier molecular flexibility index (Phi) is 6.21. The van der Waals surface area contributed by atoms with Crippen molar-refractivity contribution in [3.63, 3.8) is 0 Å². The highest BCUT2D eigenvalue weighted by molar-refractivity contribution is 7.80. The van der Waals surface area contributed by atoms with Crippen LogP contribution in [0.5, 0.6) is 0 Å². The first-order valence-corrected chi connectivity index (χ1v) is 8.24. The van der Waals surface area contributed by atoms with E-state index in [4.69, 9.17) is 12.2 Å². The fraction of sp³-hybridized carbons (Fsp3) is 0.188. The molecule has 0 heterocycles. The molecule has 13 heteroatoms. The molecule has 0 amide bonds. The number of nitrogens with zero attached hydrogens (tertiary/aromatic N) is 2. The minimum Gasteiger partial charge on any atom is -0.331 e. The second-order valence-corrected chi connectivity index (χ2v) is 6.39. The normalized spacial score (nSPS) is 10.9. The molecular formula is C16H14F3N5O4S.